The van der Waals surface area contributed by atoms with E-state index >= 15 is 0 Å². The number of rotatable bonds is 9. The van der Waals surface area contributed by atoms with E-state index in [0.717, 1.165) is 30.1 Å². The van der Waals surface area contributed by atoms with Crippen LogP contribution in [0.3, 0.4) is 0 Å². The molecule has 0 aliphatic carbocycles. The number of carbonyl (C=O) groups is 1. The molecule has 182 valence electrons. The predicted molar refractivity (Wildman–Crippen MR) is 138 cm³/mol. The van der Waals surface area contributed by atoms with Gasteiger partial charge in [-0.05, 0) is 45.2 Å². The minimum atomic E-state index is -0.497. The summed E-state index contributed by atoms with van der Waals surface area (Å²) in [6, 6.07) is 8.37. The molecule has 0 bridgehead atoms. The molecule has 1 aromatic carbocycles. The summed E-state index contributed by atoms with van der Waals surface area (Å²) in [6.45, 7) is 12.2. The zero-order valence-corrected chi connectivity index (χ0v) is 22.3. The Morgan fingerprint density at radius 2 is 1.94 bits per heavy atom. The Bertz CT molecular complexity index is 724. The highest BCUT2D eigenvalue weighted by atomic mass is 127. The highest BCUT2D eigenvalue weighted by Crippen LogP contribution is 2.13. The van der Waals surface area contributed by atoms with Crippen LogP contribution in [0.1, 0.15) is 45.2 Å². The van der Waals surface area contributed by atoms with Crippen molar-refractivity contribution in [3.05, 3.63) is 35.4 Å². The van der Waals surface area contributed by atoms with E-state index in [2.05, 4.69) is 38.7 Å². The number of benzene rings is 1. The van der Waals surface area contributed by atoms with Crippen LogP contribution in [0.2, 0.25) is 0 Å². The number of guanidine groups is 1. The number of amides is 1. The number of nitrogens with one attached hydrogen (secondary N) is 2. The molecule has 1 aliphatic heterocycles. The van der Waals surface area contributed by atoms with Gasteiger partial charge in [-0.25, -0.2) is 4.79 Å². The third kappa shape index (κ3) is 10.8. The summed E-state index contributed by atoms with van der Waals surface area (Å²) in [5, 5.41) is 6.37. The Labute approximate surface area is 209 Å². The van der Waals surface area contributed by atoms with Gasteiger partial charge >= 0.3 is 6.09 Å². The summed E-state index contributed by atoms with van der Waals surface area (Å²) in [4.78, 5) is 18.6. The van der Waals surface area contributed by atoms with Crippen molar-refractivity contribution in [2.75, 3.05) is 40.0 Å². The molecule has 1 aromatic rings. The molecule has 0 radical (unpaired) electrons. The first-order valence-electron chi connectivity index (χ1n) is 11.0. The maximum Gasteiger partial charge on any atom is 0.407 e. The Hall–Kier alpha value is -1.59. The van der Waals surface area contributed by atoms with E-state index in [1.165, 1.54) is 0 Å². The van der Waals surface area contributed by atoms with Crippen LogP contribution in [0.15, 0.2) is 29.3 Å². The van der Waals surface area contributed by atoms with Crippen LogP contribution in [0.25, 0.3) is 0 Å². The number of hydrogen-bond donors (Lipinski definition) is 2. The first kappa shape index (κ1) is 28.4. The first-order chi connectivity index (χ1) is 14.8. The quantitative estimate of drug-likeness (QED) is 0.208. The van der Waals surface area contributed by atoms with Crippen molar-refractivity contribution in [1.29, 1.82) is 0 Å². The molecule has 1 atom stereocenters. The Balaban J connectivity index is 0.00000512. The van der Waals surface area contributed by atoms with Crippen molar-refractivity contribution < 1.29 is 19.0 Å². The number of nitrogens with zero attached hydrogens (tertiary/aromatic N) is 2. The van der Waals surface area contributed by atoms with Crippen LogP contribution >= 0.6 is 24.0 Å². The van der Waals surface area contributed by atoms with Crippen molar-refractivity contribution in [2.45, 2.75) is 58.9 Å². The molecule has 32 heavy (non-hydrogen) atoms. The zero-order valence-electron chi connectivity index (χ0n) is 20.0. The molecule has 1 heterocycles. The van der Waals surface area contributed by atoms with Gasteiger partial charge in [0.1, 0.15) is 5.60 Å². The van der Waals surface area contributed by atoms with E-state index < -0.39 is 5.60 Å². The van der Waals surface area contributed by atoms with Crippen LogP contribution < -0.4 is 10.6 Å². The largest absolute Gasteiger partial charge is 0.444 e. The van der Waals surface area contributed by atoms with Crippen molar-refractivity contribution in [1.82, 2.24) is 15.5 Å². The SMILES string of the molecule is CCOCCOCc1cccc(CNC(=NC)N2CCC(NC(=O)OC(C)(C)C)C2)c1.I. The van der Waals surface area contributed by atoms with Crippen molar-refractivity contribution in [3.8, 4) is 0 Å². The normalized spacial score (nSPS) is 16.5. The third-order valence-corrected chi connectivity index (χ3v) is 4.71. The molecule has 1 fully saturated rings. The average Bonchev–Trinajstić information content (AvgIpc) is 3.15. The van der Waals surface area contributed by atoms with Gasteiger partial charge in [0.2, 0.25) is 0 Å². The zero-order chi connectivity index (χ0) is 22.7. The van der Waals surface area contributed by atoms with Crippen LogP contribution in [0.4, 0.5) is 4.79 Å². The molecule has 1 amide bonds. The predicted octanol–water partition coefficient (Wildman–Crippen LogP) is 3.53. The second kappa shape index (κ2) is 14.5. The third-order valence-electron chi connectivity index (χ3n) is 4.71. The Morgan fingerprint density at radius 1 is 1.22 bits per heavy atom. The molecule has 2 rings (SSSR count). The van der Waals surface area contributed by atoms with Crippen LogP contribution in [-0.4, -0.2) is 68.6 Å². The monoisotopic (exact) mass is 562 g/mol. The summed E-state index contributed by atoms with van der Waals surface area (Å²) in [7, 11) is 1.78. The minimum Gasteiger partial charge on any atom is -0.444 e. The number of carbonyl (C=O) groups excluding carboxylic acids is 1. The summed E-state index contributed by atoms with van der Waals surface area (Å²) >= 11 is 0. The van der Waals surface area contributed by atoms with E-state index in [1.54, 1.807) is 7.05 Å². The topological polar surface area (TPSA) is 84.4 Å². The van der Waals surface area contributed by atoms with Crippen molar-refractivity contribution in [3.63, 3.8) is 0 Å². The molecule has 8 nitrogen and oxygen atoms in total. The van der Waals surface area contributed by atoms with E-state index in [0.29, 0.717) is 39.5 Å². The van der Waals surface area contributed by atoms with Gasteiger partial charge in [-0.2, -0.15) is 0 Å². The van der Waals surface area contributed by atoms with Gasteiger partial charge in [0.25, 0.3) is 0 Å². The van der Waals surface area contributed by atoms with E-state index in [-0.39, 0.29) is 36.1 Å². The van der Waals surface area contributed by atoms with E-state index in [4.69, 9.17) is 14.2 Å². The molecule has 1 unspecified atom stereocenters. The smallest absolute Gasteiger partial charge is 0.407 e. The molecule has 0 spiro atoms. The fourth-order valence-electron chi connectivity index (χ4n) is 3.34. The molecular formula is C23H39IN4O4. The second-order valence-electron chi connectivity index (χ2n) is 8.55. The lowest BCUT2D eigenvalue weighted by atomic mass is 10.1. The molecular weight excluding hydrogens is 523 g/mol. The molecule has 1 saturated heterocycles. The molecule has 0 aromatic heterocycles. The highest BCUT2D eigenvalue weighted by Gasteiger charge is 2.27. The van der Waals surface area contributed by atoms with Gasteiger partial charge in [0.05, 0.1) is 25.9 Å². The molecule has 0 saturated carbocycles. The van der Waals surface area contributed by atoms with Crippen molar-refractivity contribution in [2.24, 2.45) is 4.99 Å². The average molecular weight is 562 g/mol. The fourth-order valence-corrected chi connectivity index (χ4v) is 3.34. The summed E-state index contributed by atoms with van der Waals surface area (Å²) in [5.41, 5.74) is 1.80. The standard InChI is InChI=1S/C23H38N4O4.HI/c1-6-29-12-13-30-17-19-9-7-8-18(14-19)15-25-21(24-5)27-11-10-20(16-27)26-22(28)31-23(2,3)4;/h7-9,14,20H,6,10-13,15-17H2,1-5H3,(H,24,25)(H,26,28);1H. The summed E-state index contributed by atoms with van der Waals surface area (Å²) < 4.78 is 16.3. The number of aliphatic imine (C=N–C) groups is 1. The summed E-state index contributed by atoms with van der Waals surface area (Å²) in [5.74, 6) is 0.826. The van der Waals surface area contributed by atoms with E-state index in [1.807, 2.05) is 33.8 Å². The minimum absolute atomic E-state index is 0. The summed E-state index contributed by atoms with van der Waals surface area (Å²) in [6.07, 6.45) is 0.483. The maximum absolute atomic E-state index is 12.0. The Morgan fingerprint density at radius 3 is 2.62 bits per heavy atom. The Kier molecular flexibility index (Phi) is 12.9. The van der Waals surface area contributed by atoms with Crippen LogP contribution in [0, 0.1) is 0 Å². The van der Waals surface area contributed by atoms with Crippen LogP contribution in [-0.2, 0) is 27.4 Å². The molecule has 9 heteroatoms. The van der Waals surface area contributed by atoms with Crippen LogP contribution in [0.5, 0.6) is 0 Å². The number of likely N-dealkylation sites (tertiary alicyclic amines) is 1. The van der Waals surface area contributed by atoms with Gasteiger partial charge in [0.15, 0.2) is 5.96 Å². The van der Waals surface area contributed by atoms with Gasteiger partial charge in [-0.1, -0.05) is 24.3 Å². The van der Waals surface area contributed by atoms with Gasteiger partial charge in [-0.15, -0.1) is 24.0 Å². The number of ether oxygens (including phenoxy) is 3. The first-order valence-corrected chi connectivity index (χ1v) is 11.0. The van der Waals surface area contributed by atoms with Gasteiger partial charge < -0.3 is 29.7 Å². The van der Waals surface area contributed by atoms with Gasteiger partial charge in [-0.3, -0.25) is 4.99 Å². The number of alkyl carbamates (subject to hydrolysis) is 1. The number of halogens is 1. The lowest BCUT2D eigenvalue weighted by molar-refractivity contribution is 0.0453. The van der Waals surface area contributed by atoms with Gasteiger partial charge in [0, 0.05) is 33.3 Å². The fraction of sp³-hybridized carbons (Fsp3) is 0.652. The lowest BCUT2D eigenvalue weighted by Crippen LogP contribution is -2.44. The second-order valence-corrected chi connectivity index (χ2v) is 8.55. The lowest BCUT2D eigenvalue weighted by Gasteiger charge is -2.23. The van der Waals surface area contributed by atoms with Crippen molar-refractivity contribution >= 4 is 36.0 Å². The maximum atomic E-state index is 12.0. The molecule has 1 aliphatic rings. The molecule has 2 N–H and O–H groups in total. The number of hydrogen-bond acceptors (Lipinski definition) is 5. The highest BCUT2D eigenvalue weighted by molar-refractivity contribution is 14.0. The van der Waals surface area contributed by atoms with E-state index in [9.17, 15) is 4.79 Å².